The van der Waals surface area contributed by atoms with Crippen molar-refractivity contribution in [1.29, 1.82) is 0 Å². The molecule has 2 saturated heterocycles. The molecule has 2 fully saturated rings. The molecule has 22 heavy (non-hydrogen) atoms. The molecule has 4 nitrogen and oxygen atoms in total. The topological polar surface area (TPSA) is 45.2 Å². The van der Waals surface area contributed by atoms with Crippen LogP contribution in [0.1, 0.15) is 41.6 Å². The van der Waals surface area contributed by atoms with Crippen LogP contribution in [0.25, 0.3) is 0 Å². The molecule has 0 saturated carbocycles. The Kier molecular flexibility index (Phi) is 7.10. The zero-order valence-electron chi connectivity index (χ0n) is 13.0. The van der Waals surface area contributed by atoms with Crippen molar-refractivity contribution in [3.8, 4) is 0 Å². The number of likely N-dealkylation sites (tertiary alicyclic amines) is 1. The number of nitrogens with zero attached hydrogens (tertiary/aromatic N) is 2. The zero-order chi connectivity index (χ0) is 14.0. The van der Waals surface area contributed by atoms with Gasteiger partial charge in [0, 0.05) is 25.5 Å². The van der Waals surface area contributed by atoms with Crippen LogP contribution in [0.3, 0.4) is 0 Å². The van der Waals surface area contributed by atoms with Crippen LogP contribution in [0.2, 0.25) is 0 Å². The molecule has 1 N–H and O–H groups in total. The largest absolute Gasteiger partial charge is 0.339 e. The Balaban J connectivity index is 0.00000121. The molecule has 0 aromatic carbocycles. The first kappa shape index (κ1) is 19.2. The first-order valence-electron chi connectivity index (χ1n) is 7.60. The van der Waals surface area contributed by atoms with E-state index < -0.39 is 0 Å². The second-order valence-electron chi connectivity index (χ2n) is 6.29. The van der Waals surface area contributed by atoms with Gasteiger partial charge in [-0.2, -0.15) is 0 Å². The van der Waals surface area contributed by atoms with Gasteiger partial charge in [-0.1, -0.05) is 0 Å². The normalized spacial score (nSPS) is 20.0. The molecule has 1 aromatic heterocycles. The number of hydrogen-bond acceptors (Lipinski definition) is 3. The summed E-state index contributed by atoms with van der Waals surface area (Å²) in [5, 5.41) is 3.43. The molecule has 0 aliphatic carbocycles. The molecule has 1 spiro atoms. The van der Waals surface area contributed by atoms with Crippen LogP contribution in [0.4, 0.5) is 0 Å². The van der Waals surface area contributed by atoms with Crippen LogP contribution >= 0.6 is 24.8 Å². The van der Waals surface area contributed by atoms with Gasteiger partial charge in [0.25, 0.3) is 5.91 Å². The van der Waals surface area contributed by atoms with Crippen molar-refractivity contribution in [3.63, 3.8) is 0 Å². The van der Waals surface area contributed by atoms with Gasteiger partial charge in [0.05, 0.1) is 5.56 Å². The number of hydrogen-bond donors (Lipinski definition) is 1. The smallest absolute Gasteiger partial charge is 0.255 e. The predicted molar refractivity (Wildman–Crippen MR) is 93.1 cm³/mol. The highest BCUT2D eigenvalue weighted by Gasteiger charge is 2.36. The van der Waals surface area contributed by atoms with E-state index in [4.69, 9.17) is 0 Å². The van der Waals surface area contributed by atoms with Gasteiger partial charge >= 0.3 is 0 Å². The van der Waals surface area contributed by atoms with E-state index in [2.05, 4.69) is 10.3 Å². The molecule has 0 unspecified atom stereocenters. The fraction of sp³-hybridized carbons (Fsp3) is 0.625. The average molecular weight is 346 g/mol. The first-order valence-corrected chi connectivity index (χ1v) is 7.60. The van der Waals surface area contributed by atoms with Crippen LogP contribution in [0.5, 0.6) is 0 Å². The number of pyridine rings is 1. The summed E-state index contributed by atoms with van der Waals surface area (Å²) in [5.41, 5.74) is 2.27. The van der Waals surface area contributed by atoms with E-state index in [1.54, 1.807) is 12.4 Å². The van der Waals surface area contributed by atoms with Crippen LogP contribution in [-0.2, 0) is 0 Å². The minimum Gasteiger partial charge on any atom is -0.339 e. The molecule has 6 heteroatoms. The van der Waals surface area contributed by atoms with Gasteiger partial charge in [-0.25, -0.2) is 0 Å². The Morgan fingerprint density at radius 1 is 1.14 bits per heavy atom. The second-order valence-corrected chi connectivity index (χ2v) is 6.29. The van der Waals surface area contributed by atoms with Gasteiger partial charge in [-0.05, 0) is 62.7 Å². The lowest BCUT2D eigenvalue weighted by Crippen LogP contribution is -2.47. The Morgan fingerprint density at radius 3 is 2.36 bits per heavy atom. The van der Waals surface area contributed by atoms with Gasteiger partial charge in [0.15, 0.2) is 0 Å². The molecule has 2 aliphatic heterocycles. The molecular formula is C16H25Cl2N3O. The maximum absolute atomic E-state index is 12.5. The van der Waals surface area contributed by atoms with Crippen molar-refractivity contribution in [2.75, 3.05) is 26.2 Å². The minimum atomic E-state index is 0. The van der Waals surface area contributed by atoms with Gasteiger partial charge < -0.3 is 10.2 Å². The Bertz CT molecular complexity index is 494. The Labute approximate surface area is 144 Å². The number of nitrogens with one attached hydrogen (secondary N) is 1. The summed E-state index contributed by atoms with van der Waals surface area (Å²) in [6.07, 6.45) is 8.31. The third kappa shape index (κ3) is 4.12. The summed E-state index contributed by atoms with van der Waals surface area (Å²) in [6, 6.07) is 1.93. The number of aryl methyl sites for hydroxylation is 1. The monoisotopic (exact) mass is 345 g/mol. The number of aromatic nitrogens is 1. The number of piperidine rings is 2. The Hall–Kier alpha value is -0.840. The van der Waals surface area contributed by atoms with Crippen LogP contribution in [0.15, 0.2) is 18.5 Å². The highest BCUT2D eigenvalue weighted by molar-refractivity contribution is 5.94. The predicted octanol–water partition coefficient (Wildman–Crippen LogP) is 2.84. The van der Waals surface area contributed by atoms with Crippen molar-refractivity contribution < 1.29 is 4.79 Å². The van der Waals surface area contributed by atoms with Gasteiger partial charge in [0.2, 0.25) is 0 Å². The second kappa shape index (κ2) is 8.14. The SMILES string of the molecule is Cc1cncc(C(=O)N2CCC3(CCNCC3)CC2)c1.Cl.Cl. The van der Waals surface area contributed by atoms with E-state index in [0.717, 1.165) is 50.1 Å². The summed E-state index contributed by atoms with van der Waals surface area (Å²) >= 11 is 0. The van der Waals surface area contributed by atoms with E-state index in [-0.39, 0.29) is 30.7 Å². The van der Waals surface area contributed by atoms with Gasteiger partial charge in [0.1, 0.15) is 0 Å². The average Bonchev–Trinajstić information content (AvgIpc) is 2.48. The van der Waals surface area contributed by atoms with E-state index >= 15 is 0 Å². The number of halogens is 2. The van der Waals surface area contributed by atoms with Crippen molar-refractivity contribution in [2.45, 2.75) is 32.6 Å². The van der Waals surface area contributed by atoms with Crippen molar-refractivity contribution in [1.82, 2.24) is 15.2 Å². The molecule has 124 valence electrons. The van der Waals surface area contributed by atoms with Crippen molar-refractivity contribution in [3.05, 3.63) is 29.6 Å². The first-order chi connectivity index (χ1) is 9.69. The lowest BCUT2D eigenvalue weighted by atomic mass is 9.71. The molecule has 1 aromatic rings. The van der Waals surface area contributed by atoms with E-state index in [1.165, 1.54) is 12.8 Å². The van der Waals surface area contributed by atoms with Crippen molar-refractivity contribution in [2.24, 2.45) is 5.41 Å². The minimum absolute atomic E-state index is 0. The molecule has 0 bridgehead atoms. The maximum Gasteiger partial charge on any atom is 0.255 e. The third-order valence-corrected chi connectivity index (χ3v) is 4.90. The van der Waals surface area contributed by atoms with Crippen molar-refractivity contribution >= 4 is 30.7 Å². The molecule has 1 amide bonds. The van der Waals surface area contributed by atoms with E-state index in [1.807, 2.05) is 17.9 Å². The molecule has 2 aliphatic rings. The maximum atomic E-state index is 12.5. The third-order valence-electron chi connectivity index (χ3n) is 4.90. The van der Waals surface area contributed by atoms with Gasteiger partial charge in [-0.3, -0.25) is 9.78 Å². The summed E-state index contributed by atoms with van der Waals surface area (Å²) in [5.74, 6) is 0.144. The number of rotatable bonds is 1. The van der Waals surface area contributed by atoms with Crippen LogP contribution < -0.4 is 5.32 Å². The van der Waals surface area contributed by atoms with Gasteiger partial charge in [-0.15, -0.1) is 24.8 Å². The fourth-order valence-electron chi connectivity index (χ4n) is 3.50. The summed E-state index contributed by atoms with van der Waals surface area (Å²) < 4.78 is 0. The number of carbonyl (C=O) groups excluding carboxylic acids is 1. The number of carbonyl (C=O) groups is 1. The molecular weight excluding hydrogens is 321 g/mol. The van der Waals surface area contributed by atoms with E-state index in [9.17, 15) is 4.79 Å². The zero-order valence-corrected chi connectivity index (χ0v) is 14.6. The summed E-state index contributed by atoms with van der Waals surface area (Å²) in [7, 11) is 0. The molecule has 0 atom stereocenters. The van der Waals surface area contributed by atoms with Crippen LogP contribution in [-0.4, -0.2) is 42.0 Å². The number of amides is 1. The Morgan fingerprint density at radius 2 is 1.77 bits per heavy atom. The summed E-state index contributed by atoms with van der Waals surface area (Å²) in [4.78, 5) is 18.6. The van der Waals surface area contributed by atoms with E-state index in [0.29, 0.717) is 5.41 Å². The highest BCUT2D eigenvalue weighted by Crippen LogP contribution is 2.39. The lowest BCUT2D eigenvalue weighted by molar-refractivity contribution is 0.0495. The lowest BCUT2D eigenvalue weighted by Gasteiger charge is -2.44. The molecule has 0 radical (unpaired) electrons. The fourth-order valence-corrected chi connectivity index (χ4v) is 3.50. The quantitative estimate of drug-likeness (QED) is 0.851. The highest BCUT2D eigenvalue weighted by atomic mass is 35.5. The van der Waals surface area contributed by atoms with Crippen LogP contribution in [0, 0.1) is 12.3 Å². The summed E-state index contributed by atoms with van der Waals surface area (Å²) in [6.45, 7) is 6.04. The molecule has 3 heterocycles. The standard InChI is InChI=1S/C16H23N3O.2ClH/c1-13-10-14(12-18-11-13)15(20)19-8-4-16(5-9-19)2-6-17-7-3-16;;/h10-12,17H,2-9H2,1H3;2*1H. The molecule has 3 rings (SSSR count).